The Morgan fingerprint density at radius 3 is 2.32 bits per heavy atom. The van der Waals surface area contributed by atoms with Crippen molar-refractivity contribution in [2.45, 2.75) is 19.3 Å². The summed E-state index contributed by atoms with van der Waals surface area (Å²) >= 11 is 0. The van der Waals surface area contributed by atoms with E-state index in [-0.39, 0.29) is 24.9 Å². The fourth-order valence-corrected chi connectivity index (χ4v) is 3.40. The molecule has 0 spiro atoms. The highest BCUT2D eigenvalue weighted by atomic mass is 16.2. The largest absolute Gasteiger partial charge is 0.347 e. The van der Waals surface area contributed by atoms with Gasteiger partial charge in [0, 0.05) is 41.3 Å². The Kier molecular flexibility index (Phi) is 7.84. The van der Waals surface area contributed by atoms with Gasteiger partial charge in [-0.1, -0.05) is 37.3 Å². The van der Waals surface area contributed by atoms with Gasteiger partial charge in [-0.2, -0.15) is 0 Å². The third kappa shape index (κ3) is 5.97. The lowest BCUT2D eigenvalue weighted by Gasteiger charge is -2.39. The van der Waals surface area contributed by atoms with Gasteiger partial charge in [0.15, 0.2) is 5.96 Å². The maximum atomic E-state index is 12.0. The first-order chi connectivity index (χ1) is 13.3. The Balaban J connectivity index is 2.08. The summed E-state index contributed by atoms with van der Waals surface area (Å²) in [6, 6.07) is 10.6. The van der Waals surface area contributed by atoms with Crippen LogP contribution in [0.1, 0.15) is 24.8 Å². The maximum Gasteiger partial charge on any atom is 0.243 e. The Morgan fingerprint density at radius 1 is 1.11 bits per heavy atom. The molecule has 1 aromatic carbocycles. The van der Waals surface area contributed by atoms with E-state index >= 15 is 0 Å². The molecular formula is C21H33N5O2. The van der Waals surface area contributed by atoms with Crippen LogP contribution in [-0.4, -0.2) is 86.8 Å². The zero-order chi connectivity index (χ0) is 20.7. The van der Waals surface area contributed by atoms with Crippen LogP contribution in [0.15, 0.2) is 35.3 Å². The first-order valence-electron chi connectivity index (χ1n) is 9.78. The molecule has 1 aromatic rings. The molecule has 0 aliphatic carbocycles. The van der Waals surface area contributed by atoms with Crippen LogP contribution in [0, 0.1) is 5.92 Å². The standard InChI is InChI=1S/C21H33N5O2/c1-16-15-26(12-11-18(16)17-9-7-6-8-10-17)21(22-13-19(27)24(2)3)23-14-20(28)25(4)5/h6-10,16,18H,11-15H2,1-5H3,(H,22,23). The fraction of sp³-hybridized carbons (Fsp3) is 0.571. The number of benzene rings is 1. The summed E-state index contributed by atoms with van der Waals surface area (Å²) < 4.78 is 0. The highest BCUT2D eigenvalue weighted by Crippen LogP contribution is 2.32. The third-order valence-electron chi connectivity index (χ3n) is 5.19. The van der Waals surface area contributed by atoms with Crippen LogP contribution >= 0.6 is 0 Å². The van der Waals surface area contributed by atoms with Crippen LogP contribution < -0.4 is 5.32 Å². The van der Waals surface area contributed by atoms with E-state index in [2.05, 4.69) is 46.4 Å². The molecule has 0 radical (unpaired) electrons. The molecule has 0 saturated carbocycles. The Hall–Kier alpha value is -2.57. The minimum Gasteiger partial charge on any atom is -0.347 e. The van der Waals surface area contributed by atoms with E-state index in [1.165, 1.54) is 10.5 Å². The number of nitrogens with one attached hydrogen (secondary N) is 1. The number of nitrogens with zero attached hydrogens (tertiary/aromatic N) is 4. The van der Waals surface area contributed by atoms with Gasteiger partial charge in [-0.15, -0.1) is 0 Å². The lowest BCUT2D eigenvalue weighted by molar-refractivity contribution is -0.127. The number of likely N-dealkylation sites (N-methyl/N-ethyl adjacent to an activating group) is 2. The van der Waals surface area contributed by atoms with Gasteiger partial charge in [0.2, 0.25) is 11.8 Å². The van der Waals surface area contributed by atoms with Gasteiger partial charge in [-0.3, -0.25) is 9.59 Å². The molecule has 1 saturated heterocycles. The summed E-state index contributed by atoms with van der Waals surface area (Å²) in [5.74, 6) is 1.48. The number of piperidine rings is 1. The van der Waals surface area contributed by atoms with Crippen LogP contribution in [-0.2, 0) is 9.59 Å². The zero-order valence-electron chi connectivity index (χ0n) is 17.7. The molecular weight excluding hydrogens is 354 g/mol. The number of likely N-dealkylation sites (tertiary alicyclic amines) is 1. The van der Waals surface area contributed by atoms with Crippen molar-refractivity contribution in [3.8, 4) is 0 Å². The summed E-state index contributed by atoms with van der Waals surface area (Å²) in [6.07, 6.45) is 1.01. The lowest BCUT2D eigenvalue weighted by atomic mass is 9.82. The number of carbonyl (C=O) groups excluding carboxylic acids is 2. The topological polar surface area (TPSA) is 68.2 Å². The average Bonchev–Trinajstić information content (AvgIpc) is 2.67. The fourth-order valence-electron chi connectivity index (χ4n) is 3.40. The van der Waals surface area contributed by atoms with Crippen molar-refractivity contribution in [1.82, 2.24) is 20.0 Å². The molecule has 1 aliphatic rings. The summed E-state index contributed by atoms with van der Waals surface area (Å²) in [5, 5.41) is 3.15. The average molecular weight is 388 g/mol. The predicted molar refractivity (Wildman–Crippen MR) is 112 cm³/mol. The smallest absolute Gasteiger partial charge is 0.243 e. The minimum absolute atomic E-state index is 0.0288. The van der Waals surface area contributed by atoms with Gasteiger partial charge in [-0.05, 0) is 23.8 Å². The third-order valence-corrected chi connectivity index (χ3v) is 5.19. The van der Waals surface area contributed by atoms with Crippen LogP contribution in [0.25, 0.3) is 0 Å². The van der Waals surface area contributed by atoms with Crippen molar-refractivity contribution in [1.29, 1.82) is 0 Å². The molecule has 7 nitrogen and oxygen atoms in total. The summed E-state index contributed by atoms with van der Waals surface area (Å²) in [4.78, 5) is 33.7. The molecule has 1 N–H and O–H groups in total. The minimum atomic E-state index is -0.0644. The Labute approximate surface area is 168 Å². The molecule has 2 unspecified atom stereocenters. The highest BCUT2D eigenvalue weighted by molar-refractivity contribution is 5.88. The SMILES string of the molecule is CC1CN(C(=NCC(=O)N(C)C)NCC(=O)N(C)C)CCC1c1ccccc1. The van der Waals surface area contributed by atoms with Crippen molar-refractivity contribution >= 4 is 17.8 Å². The van der Waals surface area contributed by atoms with E-state index in [0.29, 0.717) is 17.8 Å². The summed E-state index contributed by atoms with van der Waals surface area (Å²) in [7, 11) is 6.88. The molecule has 0 aromatic heterocycles. The number of rotatable bonds is 5. The van der Waals surface area contributed by atoms with Crippen molar-refractivity contribution in [2.24, 2.45) is 10.9 Å². The van der Waals surface area contributed by atoms with E-state index in [1.54, 1.807) is 33.1 Å². The molecule has 1 aliphatic heterocycles. The van der Waals surface area contributed by atoms with Crippen LogP contribution in [0.3, 0.4) is 0 Å². The van der Waals surface area contributed by atoms with Crippen molar-refractivity contribution < 1.29 is 9.59 Å². The van der Waals surface area contributed by atoms with Crippen LogP contribution in [0.5, 0.6) is 0 Å². The van der Waals surface area contributed by atoms with Crippen molar-refractivity contribution in [3.63, 3.8) is 0 Å². The first kappa shape index (κ1) is 21.7. The van der Waals surface area contributed by atoms with Gasteiger partial charge in [-0.25, -0.2) is 4.99 Å². The lowest BCUT2D eigenvalue weighted by Crippen LogP contribution is -2.50. The number of amides is 2. The van der Waals surface area contributed by atoms with Gasteiger partial charge >= 0.3 is 0 Å². The van der Waals surface area contributed by atoms with Gasteiger partial charge < -0.3 is 20.0 Å². The second-order valence-corrected chi connectivity index (χ2v) is 7.80. The molecule has 1 heterocycles. The van der Waals surface area contributed by atoms with Crippen LogP contribution in [0.2, 0.25) is 0 Å². The molecule has 7 heteroatoms. The van der Waals surface area contributed by atoms with E-state index in [1.807, 2.05) is 6.07 Å². The van der Waals surface area contributed by atoms with E-state index in [9.17, 15) is 9.59 Å². The van der Waals surface area contributed by atoms with E-state index in [0.717, 1.165) is 19.5 Å². The highest BCUT2D eigenvalue weighted by Gasteiger charge is 2.29. The van der Waals surface area contributed by atoms with Crippen molar-refractivity contribution in [2.75, 3.05) is 54.4 Å². The molecule has 28 heavy (non-hydrogen) atoms. The maximum absolute atomic E-state index is 12.0. The number of aliphatic imine (C=N–C) groups is 1. The van der Waals surface area contributed by atoms with Gasteiger partial charge in [0.25, 0.3) is 0 Å². The van der Waals surface area contributed by atoms with Crippen LogP contribution in [0.4, 0.5) is 0 Å². The molecule has 2 atom stereocenters. The first-order valence-corrected chi connectivity index (χ1v) is 9.78. The second-order valence-electron chi connectivity index (χ2n) is 7.80. The molecule has 2 rings (SSSR count). The van der Waals surface area contributed by atoms with Gasteiger partial charge in [0.05, 0.1) is 6.54 Å². The molecule has 0 bridgehead atoms. The zero-order valence-corrected chi connectivity index (χ0v) is 17.7. The number of carbonyl (C=O) groups is 2. The van der Waals surface area contributed by atoms with Gasteiger partial charge in [0.1, 0.15) is 6.54 Å². The predicted octanol–water partition coefficient (Wildman–Crippen LogP) is 1.23. The second kappa shape index (κ2) is 10.1. The summed E-state index contributed by atoms with van der Waals surface area (Å²) in [5.41, 5.74) is 1.37. The van der Waals surface area contributed by atoms with E-state index < -0.39 is 0 Å². The Bertz CT molecular complexity index is 687. The molecule has 154 valence electrons. The monoisotopic (exact) mass is 387 g/mol. The van der Waals surface area contributed by atoms with E-state index in [4.69, 9.17) is 0 Å². The number of hydrogen-bond acceptors (Lipinski definition) is 3. The van der Waals surface area contributed by atoms with Crippen molar-refractivity contribution in [3.05, 3.63) is 35.9 Å². The molecule has 1 fully saturated rings. The summed E-state index contributed by atoms with van der Waals surface area (Å²) in [6.45, 7) is 4.14. The number of guanidine groups is 1. The molecule has 2 amide bonds. The Morgan fingerprint density at radius 2 is 1.75 bits per heavy atom. The quantitative estimate of drug-likeness (QED) is 0.610. The normalized spacial score (nSPS) is 19.9. The number of hydrogen-bond donors (Lipinski definition) is 1.